The van der Waals surface area contributed by atoms with Crippen LogP contribution in [0.1, 0.15) is 24.4 Å². The summed E-state index contributed by atoms with van der Waals surface area (Å²) in [5, 5.41) is 12.8. The van der Waals surface area contributed by atoms with Gasteiger partial charge in [0.05, 0.1) is 6.61 Å². The molecule has 0 aliphatic heterocycles. The highest BCUT2D eigenvalue weighted by Gasteiger charge is 2.16. The first-order chi connectivity index (χ1) is 8.26. The number of aromatic nitrogens is 3. The van der Waals surface area contributed by atoms with Crippen molar-refractivity contribution in [2.45, 2.75) is 19.4 Å². The van der Waals surface area contributed by atoms with Crippen molar-refractivity contribution >= 4 is 0 Å². The Morgan fingerprint density at radius 1 is 1.53 bits per heavy atom. The van der Waals surface area contributed by atoms with Crippen molar-refractivity contribution in [3.05, 3.63) is 29.9 Å². The number of nitrogens with two attached hydrogens (primary N) is 1. The maximum absolute atomic E-state index is 8.91. The third-order valence-corrected chi connectivity index (χ3v) is 2.48. The highest BCUT2D eigenvalue weighted by molar-refractivity contribution is 5.58. The Bertz CT molecular complexity index is 498. The third-order valence-electron chi connectivity index (χ3n) is 2.48. The van der Waals surface area contributed by atoms with Gasteiger partial charge in [-0.15, -0.1) is 0 Å². The Morgan fingerprint density at radius 3 is 3.06 bits per heavy atom. The van der Waals surface area contributed by atoms with Gasteiger partial charge in [-0.1, -0.05) is 12.1 Å². The molecule has 0 spiro atoms. The van der Waals surface area contributed by atoms with Crippen LogP contribution in [0.25, 0.3) is 11.4 Å². The molecular weight excluding hydrogens is 220 g/mol. The summed E-state index contributed by atoms with van der Waals surface area (Å²) in [6, 6.07) is 1.20. The van der Waals surface area contributed by atoms with Crippen LogP contribution >= 0.6 is 0 Å². The minimum absolute atomic E-state index is 0.224. The monoisotopic (exact) mass is 234 g/mol. The summed E-state index contributed by atoms with van der Waals surface area (Å²) in [6.45, 7) is 1.81. The van der Waals surface area contributed by atoms with Crippen LogP contribution in [0.5, 0.6) is 0 Å². The molecular formula is C11H14N4O2. The van der Waals surface area contributed by atoms with E-state index in [0.29, 0.717) is 5.82 Å². The summed E-state index contributed by atoms with van der Waals surface area (Å²) in [4.78, 5) is 8.22. The lowest BCUT2D eigenvalue weighted by atomic mass is 10.1. The molecule has 3 N–H and O–H groups in total. The Balaban J connectivity index is 2.37. The van der Waals surface area contributed by atoms with Gasteiger partial charge in [0, 0.05) is 18.0 Å². The molecule has 0 fully saturated rings. The molecule has 0 bridgehead atoms. The van der Waals surface area contributed by atoms with Crippen molar-refractivity contribution in [2.75, 3.05) is 6.61 Å². The highest BCUT2D eigenvalue weighted by atomic mass is 16.5. The van der Waals surface area contributed by atoms with Gasteiger partial charge in [0.1, 0.15) is 6.04 Å². The van der Waals surface area contributed by atoms with E-state index in [0.717, 1.165) is 17.5 Å². The smallest absolute Gasteiger partial charge is 0.246 e. The van der Waals surface area contributed by atoms with Crippen LogP contribution in [0.2, 0.25) is 0 Å². The molecule has 0 aliphatic carbocycles. The Kier molecular flexibility index (Phi) is 3.46. The second-order valence-electron chi connectivity index (χ2n) is 3.63. The van der Waals surface area contributed by atoms with Gasteiger partial charge < -0.3 is 15.4 Å². The van der Waals surface area contributed by atoms with E-state index in [1.807, 2.05) is 13.0 Å². The van der Waals surface area contributed by atoms with Crippen molar-refractivity contribution < 1.29 is 9.63 Å². The number of nitrogens with zero attached hydrogens (tertiary/aromatic N) is 3. The SMILES string of the molecule is CCc1cnccc1-c1noc(C(N)CO)n1. The van der Waals surface area contributed by atoms with E-state index in [-0.39, 0.29) is 12.5 Å². The van der Waals surface area contributed by atoms with Gasteiger partial charge in [0.2, 0.25) is 11.7 Å². The largest absolute Gasteiger partial charge is 0.394 e. The van der Waals surface area contributed by atoms with Crippen LogP contribution < -0.4 is 5.73 Å². The fraction of sp³-hybridized carbons (Fsp3) is 0.364. The predicted molar refractivity (Wildman–Crippen MR) is 60.9 cm³/mol. The summed E-state index contributed by atoms with van der Waals surface area (Å²) in [5.74, 6) is 0.713. The van der Waals surface area contributed by atoms with Crippen molar-refractivity contribution in [3.63, 3.8) is 0 Å². The van der Waals surface area contributed by atoms with Crippen molar-refractivity contribution in [1.29, 1.82) is 0 Å². The molecule has 2 rings (SSSR count). The Labute approximate surface area is 98.5 Å². The van der Waals surface area contributed by atoms with E-state index < -0.39 is 6.04 Å². The zero-order valence-electron chi connectivity index (χ0n) is 9.50. The molecule has 0 saturated carbocycles. The van der Waals surface area contributed by atoms with Gasteiger partial charge in [0.15, 0.2) is 0 Å². The van der Waals surface area contributed by atoms with Gasteiger partial charge in [-0.25, -0.2) is 0 Å². The minimum Gasteiger partial charge on any atom is -0.394 e. The van der Waals surface area contributed by atoms with E-state index in [1.54, 1.807) is 12.4 Å². The zero-order chi connectivity index (χ0) is 12.3. The van der Waals surface area contributed by atoms with E-state index in [4.69, 9.17) is 15.4 Å². The molecule has 1 atom stereocenters. The zero-order valence-corrected chi connectivity index (χ0v) is 9.50. The molecule has 6 nitrogen and oxygen atoms in total. The maximum Gasteiger partial charge on any atom is 0.246 e. The predicted octanol–water partition coefficient (Wildman–Crippen LogP) is 0.686. The number of hydrogen-bond donors (Lipinski definition) is 2. The van der Waals surface area contributed by atoms with Gasteiger partial charge in [-0.05, 0) is 18.1 Å². The second-order valence-corrected chi connectivity index (χ2v) is 3.63. The molecule has 2 aromatic rings. The molecule has 0 radical (unpaired) electrons. The molecule has 2 aromatic heterocycles. The van der Waals surface area contributed by atoms with Crippen LogP contribution in [-0.2, 0) is 6.42 Å². The lowest BCUT2D eigenvalue weighted by Gasteiger charge is -2.01. The fourth-order valence-electron chi connectivity index (χ4n) is 1.50. The molecule has 6 heteroatoms. The van der Waals surface area contributed by atoms with E-state index in [1.165, 1.54) is 0 Å². The topological polar surface area (TPSA) is 98.1 Å². The third kappa shape index (κ3) is 2.32. The van der Waals surface area contributed by atoms with E-state index in [2.05, 4.69) is 15.1 Å². The first-order valence-electron chi connectivity index (χ1n) is 5.39. The molecule has 0 aliphatic rings. The molecule has 90 valence electrons. The van der Waals surface area contributed by atoms with Crippen LogP contribution in [0, 0.1) is 0 Å². The van der Waals surface area contributed by atoms with Gasteiger partial charge in [-0.3, -0.25) is 4.98 Å². The summed E-state index contributed by atoms with van der Waals surface area (Å²) >= 11 is 0. The maximum atomic E-state index is 8.91. The number of aryl methyl sites for hydroxylation is 1. The van der Waals surface area contributed by atoms with Crippen molar-refractivity contribution in [2.24, 2.45) is 5.73 Å². The second kappa shape index (κ2) is 5.03. The Hall–Kier alpha value is -1.79. The summed E-state index contributed by atoms with van der Waals surface area (Å²) in [6.07, 6.45) is 4.28. The summed E-state index contributed by atoms with van der Waals surface area (Å²) in [7, 11) is 0. The minimum atomic E-state index is -0.636. The van der Waals surface area contributed by atoms with Crippen LogP contribution in [0.15, 0.2) is 23.0 Å². The van der Waals surface area contributed by atoms with Crippen molar-refractivity contribution in [3.8, 4) is 11.4 Å². The van der Waals surface area contributed by atoms with Crippen molar-refractivity contribution in [1.82, 2.24) is 15.1 Å². The average molecular weight is 234 g/mol. The molecule has 1 unspecified atom stereocenters. The number of aliphatic hydroxyl groups is 1. The number of hydrogen-bond acceptors (Lipinski definition) is 6. The van der Waals surface area contributed by atoms with Gasteiger partial charge in [0.25, 0.3) is 0 Å². The summed E-state index contributed by atoms with van der Waals surface area (Å²) in [5.41, 5.74) is 7.51. The average Bonchev–Trinajstić information content (AvgIpc) is 2.87. The number of pyridine rings is 1. The van der Waals surface area contributed by atoms with Crippen LogP contribution in [-0.4, -0.2) is 26.8 Å². The molecule has 0 aromatic carbocycles. The molecule has 2 heterocycles. The lowest BCUT2D eigenvalue weighted by Crippen LogP contribution is -2.14. The van der Waals surface area contributed by atoms with E-state index >= 15 is 0 Å². The van der Waals surface area contributed by atoms with Gasteiger partial charge in [-0.2, -0.15) is 4.98 Å². The van der Waals surface area contributed by atoms with Gasteiger partial charge >= 0.3 is 0 Å². The highest BCUT2D eigenvalue weighted by Crippen LogP contribution is 2.21. The standard InChI is InChI=1S/C11H14N4O2/c1-2-7-5-13-4-3-8(7)10-14-11(17-15-10)9(12)6-16/h3-5,9,16H,2,6,12H2,1H3. The van der Waals surface area contributed by atoms with E-state index in [9.17, 15) is 0 Å². The fourth-order valence-corrected chi connectivity index (χ4v) is 1.50. The number of aliphatic hydroxyl groups excluding tert-OH is 1. The first-order valence-corrected chi connectivity index (χ1v) is 5.39. The normalized spacial score (nSPS) is 12.6. The first kappa shape index (κ1) is 11.7. The molecule has 0 amide bonds. The van der Waals surface area contributed by atoms with Crippen LogP contribution in [0.3, 0.4) is 0 Å². The Morgan fingerprint density at radius 2 is 2.35 bits per heavy atom. The van der Waals surface area contributed by atoms with Crippen LogP contribution in [0.4, 0.5) is 0 Å². The number of rotatable bonds is 4. The summed E-state index contributed by atoms with van der Waals surface area (Å²) < 4.78 is 5.00. The molecule has 17 heavy (non-hydrogen) atoms. The quantitative estimate of drug-likeness (QED) is 0.807. The molecule has 0 saturated heterocycles. The lowest BCUT2D eigenvalue weighted by molar-refractivity contribution is 0.237.